The summed E-state index contributed by atoms with van der Waals surface area (Å²) in [5.41, 5.74) is 3.41. The highest BCUT2D eigenvalue weighted by Gasteiger charge is 2.09. The summed E-state index contributed by atoms with van der Waals surface area (Å²) in [7, 11) is 1.94. The first-order chi connectivity index (χ1) is 6.56. The SMILES string of the molecule is CNCc1c(C)nc(C(C)C)nc1C. The molecule has 3 nitrogen and oxygen atoms in total. The number of hydrogen-bond donors (Lipinski definition) is 1. The summed E-state index contributed by atoms with van der Waals surface area (Å²) in [6, 6.07) is 0. The Morgan fingerprint density at radius 1 is 1.14 bits per heavy atom. The second-order valence-corrected chi connectivity index (χ2v) is 3.92. The van der Waals surface area contributed by atoms with Crippen LogP contribution in [-0.2, 0) is 6.54 Å². The molecule has 3 heteroatoms. The Morgan fingerprint density at radius 2 is 1.64 bits per heavy atom. The molecule has 0 spiro atoms. The molecule has 0 fully saturated rings. The van der Waals surface area contributed by atoms with Crippen molar-refractivity contribution < 1.29 is 0 Å². The molecule has 0 aliphatic carbocycles. The van der Waals surface area contributed by atoms with E-state index in [0.29, 0.717) is 5.92 Å². The molecule has 1 N–H and O–H groups in total. The van der Waals surface area contributed by atoms with Crippen molar-refractivity contribution in [2.24, 2.45) is 0 Å². The molecule has 0 saturated carbocycles. The van der Waals surface area contributed by atoms with Crippen molar-refractivity contribution in [3.8, 4) is 0 Å². The van der Waals surface area contributed by atoms with Gasteiger partial charge >= 0.3 is 0 Å². The molecular weight excluding hydrogens is 174 g/mol. The third-order valence-corrected chi connectivity index (χ3v) is 2.31. The lowest BCUT2D eigenvalue weighted by molar-refractivity contribution is 0.727. The van der Waals surface area contributed by atoms with Crippen LogP contribution in [0.2, 0.25) is 0 Å². The van der Waals surface area contributed by atoms with Gasteiger partial charge < -0.3 is 5.32 Å². The van der Waals surface area contributed by atoms with E-state index in [9.17, 15) is 0 Å². The van der Waals surface area contributed by atoms with E-state index in [1.807, 2.05) is 20.9 Å². The lowest BCUT2D eigenvalue weighted by Crippen LogP contribution is -2.12. The molecule has 0 radical (unpaired) electrons. The first kappa shape index (κ1) is 11.1. The summed E-state index contributed by atoms with van der Waals surface area (Å²) in [4.78, 5) is 9.00. The van der Waals surface area contributed by atoms with Gasteiger partial charge in [-0.1, -0.05) is 13.8 Å². The molecule has 1 aromatic heterocycles. The molecule has 1 aromatic rings. The molecular formula is C11H19N3. The maximum Gasteiger partial charge on any atom is 0.131 e. The largest absolute Gasteiger partial charge is 0.316 e. The molecule has 0 aliphatic heterocycles. The fourth-order valence-electron chi connectivity index (χ4n) is 1.46. The Bertz CT molecular complexity index is 295. The summed E-state index contributed by atoms with van der Waals surface area (Å²) >= 11 is 0. The Morgan fingerprint density at radius 3 is 2.00 bits per heavy atom. The summed E-state index contributed by atoms with van der Waals surface area (Å²) in [6.07, 6.45) is 0. The van der Waals surface area contributed by atoms with E-state index >= 15 is 0 Å². The average Bonchev–Trinajstić information content (AvgIpc) is 2.10. The summed E-state index contributed by atoms with van der Waals surface area (Å²) in [5, 5.41) is 3.13. The first-order valence-electron chi connectivity index (χ1n) is 5.04. The van der Waals surface area contributed by atoms with Gasteiger partial charge in [0.25, 0.3) is 0 Å². The molecule has 0 aliphatic rings. The van der Waals surface area contributed by atoms with Crippen LogP contribution in [-0.4, -0.2) is 17.0 Å². The van der Waals surface area contributed by atoms with Crippen molar-refractivity contribution in [2.75, 3.05) is 7.05 Å². The highest BCUT2D eigenvalue weighted by atomic mass is 14.9. The predicted octanol–water partition coefficient (Wildman–Crippen LogP) is 1.94. The van der Waals surface area contributed by atoms with Gasteiger partial charge in [0.15, 0.2) is 0 Å². The minimum atomic E-state index is 0.399. The number of aryl methyl sites for hydroxylation is 2. The Balaban J connectivity index is 3.11. The number of rotatable bonds is 3. The van der Waals surface area contributed by atoms with E-state index in [1.54, 1.807) is 0 Å². The van der Waals surface area contributed by atoms with Gasteiger partial charge in [-0.15, -0.1) is 0 Å². The van der Waals surface area contributed by atoms with Gasteiger partial charge in [0.2, 0.25) is 0 Å². The molecule has 14 heavy (non-hydrogen) atoms. The minimum absolute atomic E-state index is 0.399. The normalized spacial score (nSPS) is 11.0. The van der Waals surface area contributed by atoms with Gasteiger partial charge in [0.1, 0.15) is 5.82 Å². The van der Waals surface area contributed by atoms with Crippen LogP contribution in [0.1, 0.15) is 42.5 Å². The molecule has 0 aromatic carbocycles. The van der Waals surface area contributed by atoms with Crippen molar-refractivity contribution in [3.63, 3.8) is 0 Å². The monoisotopic (exact) mass is 193 g/mol. The lowest BCUT2D eigenvalue weighted by atomic mass is 10.1. The zero-order chi connectivity index (χ0) is 10.7. The fourth-order valence-corrected chi connectivity index (χ4v) is 1.46. The molecule has 0 unspecified atom stereocenters. The molecule has 0 saturated heterocycles. The number of aromatic nitrogens is 2. The summed E-state index contributed by atoms with van der Waals surface area (Å²) in [5.74, 6) is 1.34. The van der Waals surface area contributed by atoms with Crippen molar-refractivity contribution in [2.45, 2.75) is 40.2 Å². The van der Waals surface area contributed by atoms with Crippen LogP contribution in [0.25, 0.3) is 0 Å². The van der Waals surface area contributed by atoms with E-state index in [4.69, 9.17) is 0 Å². The molecule has 1 rings (SSSR count). The second-order valence-electron chi connectivity index (χ2n) is 3.92. The maximum atomic E-state index is 4.50. The van der Waals surface area contributed by atoms with Crippen LogP contribution in [0.5, 0.6) is 0 Å². The van der Waals surface area contributed by atoms with Crippen LogP contribution in [0.4, 0.5) is 0 Å². The second kappa shape index (κ2) is 4.51. The van der Waals surface area contributed by atoms with Gasteiger partial charge in [-0.3, -0.25) is 0 Å². The molecule has 0 atom stereocenters. The van der Waals surface area contributed by atoms with Crippen molar-refractivity contribution in [1.29, 1.82) is 0 Å². The minimum Gasteiger partial charge on any atom is -0.316 e. The van der Waals surface area contributed by atoms with Gasteiger partial charge in [-0.25, -0.2) is 9.97 Å². The molecule has 1 heterocycles. The Labute approximate surface area is 86.0 Å². The quantitative estimate of drug-likeness (QED) is 0.797. The molecule has 0 bridgehead atoms. The van der Waals surface area contributed by atoms with Gasteiger partial charge in [0, 0.05) is 29.4 Å². The third kappa shape index (κ3) is 2.29. The van der Waals surface area contributed by atoms with Crippen LogP contribution in [0, 0.1) is 13.8 Å². The highest BCUT2D eigenvalue weighted by Crippen LogP contribution is 2.14. The first-order valence-corrected chi connectivity index (χ1v) is 5.04. The van der Waals surface area contributed by atoms with Crippen LogP contribution < -0.4 is 5.32 Å². The lowest BCUT2D eigenvalue weighted by Gasteiger charge is -2.11. The van der Waals surface area contributed by atoms with Crippen molar-refractivity contribution >= 4 is 0 Å². The predicted molar refractivity (Wildman–Crippen MR) is 58.4 cm³/mol. The zero-order valence-corrected chi connectivity index (χ0v) is 9.68. The third-order valence-electron chi connectivity index (χ3n) is 2.31. The van der Waals surface area contributed by atoms with Crippen LogP contribution >= 0.6 is 0 Å². The average molecular weight is 193 g/mol. The number of nitrogens with zero attached hydrogens (tertiary/aromatic N) is 2. The Hall–Kier alpha value is -0.960. The van der Waals surface area contributed by atoms with E-state index in [-0.39, 0.29) is 0 Å². The number of nitrogens with one attached hydrogen (secondary N) is 1. The fraction of sp³-hybridized carbons (Fsp3) is 0.636. The molecule has 0 amide bonds. The van der Waals surface area contributed by atoms with E-state index in [2.05, 4.69) is 29.1 Å². The smallest absolute Gasteiger partial charge is 0.131 e. The van der Waals surface area contributed by atoms with E-state index < -0.39 is 0 Å². The van der Waals surface area contributed by atoms with Crippen LogP contribution in [0.3, 0.4) is 0 Å². The summed E-state index contributed by atoms with van der Waals surface area (Å²) in [6.45, 7) is 9.18. The molecule has 78 valence electrons. The topological polar surface area (TPSA) is 37.8 Å². The van der Waals surface area contributed by atoms with Crippen molar-refractivity contribution in [1.82, 2.24) is 15.3 Å². The standard InChI is InChI=1S/C11H19N3/c1-7(2)11-13-8(3)10(6-12-5)9(4)14-11/h7,12H,6H2,1-5H3. The number of hydrogen-bond acceptors (Lipinski definition) is 3. The van der Waals surface area contributed by atoms with Crippen LogP contribution in [0.15, 0.2) is 0 Å². The van der Waals surface area contributed by atoms with Gasteiger partial charge in [0.05, 0.1) is 0 Å². The Kier molecular flexibility index (Phi) is 3.58. The van der Waals surface area contributed by atoms with Crippen molar-refractivity contribution in [3.05, 3.63) is 22.8 Å². The van der Waals surface area contributed by atoms with E-state index in [0.717, 1.165) is 23.8 Å². The maximum absolute atomic E-state index is 4.50. The van der Waals surface area contributed by atoms with E-state index in [1.165, 1.54) is 5.56 Å². The van der Waals surface area contributed by atoms with Gasteiger partial charge in [-0.05, 0) is 20.9 Å². The highest BCUT2D eigenvalue weighted by molar-refractivity contribution is 5.24. The van der Waals surface area contributed by atoms with Gasteiger partial charge in [-0.2, -0.15) is 0 Å². The zero-order valence-electron chi connectivity index (χ0n) is 9.68. The summed E-state index contributed by atoms with van der Waals surface area (Å²) < 4.78 is 0.